The van der Waals surface area contributed by atoms with Gasteiger partial charge in [0.2, 0.25) is 0 Å². The van der Waals surface area contributed by atoms with Crippen LogP contribution in [-0.4, -0.2) is 10.1 Å². The van der Waals surface area contributed by atoms with E-state index in [1.165, 1.54) is 24.4 Å². The zero-order valence-corrected chi connectivity index (χ0v) is 9.29. The van der Waals surface area contributed by atoms with Crippen molar-refractivity contribution < 1.29 is 18.3 Å². The first-order valence-electron chi connectivity index (χ1n) is 4.73. The summed E-state index contributed by atoms with van der Waals surface area (Å²) in [4.78, 5) is 3.82. The first-order chi connectivity index (χ1) is 8.00. The third-order valence-corrected chi connectivity index (χ3v) is 3.07. The molecule has 2 aromatic rings. The van der Waals surface area contributed by atoms with Gasteiger partial charge in [0.25, 0.3) is 0 Å². The summed E-state index contributed by atoms with van der Waals surface area (Å²) in [5, 5.41) is 11.7. The van der Waals surface area contributed by atoms with E-state index < -0.39 is 17.8 Å². The Labute approximate surface area is 99.4 Å². The van der Waals surface area contributed by atoms with E-state index in [0.29, 0.717) is 0 Å². The normalized spacial score (nSPS) is 13.6. The maximum atomic E-state index is 12.7. The highest BCUT2D eigenvalue weighted by molar-refractivity contribution is 7.09. The Morgan fingerprint density at radius 3 is 2.53 bits per heavy atom. The van der Waals surface area contributed by atoms with Crippen LogP contribution < -0.4 is 0 Å². The predicted molar refractivity (Wildman–Crippen MR) is 57.6 cm³/mol. The van der Waals surface area contributed by atoms with Crippen LogP contribution in [0.2, 0.25) is 0 Å². The largest absolute Gasteiger partial charge is 0.416 e. The molecule has 1 atom stereocenters. The molecule has 0 aliphatic rings. The lowest BCUT2D eigenvalue weighted by atomic mass is 10.0. The molecule has 0 saturated heterocycles. The molecular formula is C11H8F3NOS. The number of hydrogen-bond donors (Lipinski definition) is 1. The van der Waals surface area contributed by atoms with Gasteiger partial charge in [-0.15, -0.1) is 11.3 Å². The summed E-state index contributed by atoms with van der Waals surface area (Å²) in [6.07, 6.45) is -4.37. The van der Waals surface area contributed by atoms with Gasteiger partial charge in [-0.25, -0.2) is 4.98 Å². The molecule has 0 amide bonds. The van der Waals surface area contributed by atoms with E-state index in [1.807, 2.05) is 0 Å². The Hall–Kier alpha value is -1.40. The van der Waals surface area contributed by atoms with Crippen molar-refractivity contribution >= 4 is 11.3 Å². The number of benzene rings is 1. The molecular weight excluding hydrogens is 251 g/mol. The Kier molecular flexibility index (Phi) is 3.17. The topological polar surface area (TPSA) is 33.1 Å². The molecule has 0 aliphatic carbocycles. The minimum atomic E-state index is -4.48. The van der Waals surface area contributed by atoms with Crippen LogP contribution in [0.1, 0.15) is 22.2 Å². The van der Waals surface area contributed by atoms with Gasteiger partial charge >= 0.3 is 6.18 Å². The molecule has 1 N–H and O–H groups in total. The van der Waals surface area contributed by atoms with E-state index in [4.69, 9.17) is 0 Å². The standard InChI is InChI=1S/C11H8F3NOS/c12-11(13,14)8-4-2-1-3-7(8)9(16)10-15-5-6-17-10/h1-6,9,16H. The zero-order chi connectivity index (χ0) is 12.5. The Morgan fingerprint density at radius 1 is 1.24 bits per heavy atom. The fraction of sp³-hybridized carbons (Fsp3) is 0.182. The van der Waals surface area contributed by atoms with Crippen LogP contribution in [-0.2, 0) is 6.18 Å². The maximum absolute atomic E-state index is 12.7. The molecule has 6 heteroatoms. The van der Waals surface area contributed by atoms with Crippen LogP contribution in [0.15, 0.2) is 35.8 Å². The highest BCUT2D eigenvalue weighted by Gasteiger charge is 2.35. The number of halogens is 3. The summed E-state index contributed by atoms with van der Waals surface area (Å²) < 4.78 is 38.2. The first kappa shape index (κ1) is 12.1. The van der Waals surface area contributed by atoms with Gasteiger partial charge in [-0.2, -0.15) is 13.2 Å². The number of aliphatic hydroxyl groups is 1. The molecule has 2 rings (SSSR count). The second-order valence-corrected chi connectivity index (χ2v) is 4.28. The van der Waals surface area contributed by atoms with Gasteiger partial charge < -0.3 is 5.11 Å². The van der Waals surface area contributed by atoms with Gasteiger partial charge in [0.15, 0.2) is 0 Å². The van der Waals surface area contributed by atoms with E-state index in [-0.39, 0.29) is 10.6 Å². The average Bonchev–Trinajstić information content (AvgIpc) is 2.80. The molecule has 0 fully saturated rings. The summed E-state index contributed by atoms with van der Waals surface area (Å²) in [5.74, 6) is 0. The highest BCUT2D eigenvalue weighted by atomic mass is 32.1. The Bertz CT molecular complexity index is 496. The van der Waals surface area contributed by atoms with E-state index in [1.54, 1.807) is 5.38 Å². The number of nitrogens with zero attached hydrogens (tertiary/aromatic N) is 1. The van der Waals surface area contributed by atoms with Crippen molar-refractivity contribution in [3.63, 3.8) is 0 Å². The Balaban J connectivity index is 2.46. The summed E-state index contributed by atoms with van der Waals surface area (Å²) in [7, 11) is 0. The predicted octanol–water partition coefficient (Wildman–Crippen LogP) is 3.24. The zero-order valence-electron chi connectivity index (χ0n) is 8.48. The molecule has 17 heavy (non-hydrogen) atoms. The highest BCUT2D eigenvalue weighted by Crippen LogP contribution is 2.36. The van der Waals surface area contributed by atoms with E-state index >= 15 is 0 Å². The van der Waals surface area contributed by atoms with Gasteiger partial charge in [0.1, 0.15) is 11.1 Å². The van der Waals surface area contributed by atoms with E-state index in [2.05, 4.69) is 4.98 Å². The van der Waals surface area contributed by atoms with Gasteiger partial charge in [-0.1, -0.05) is 18.2 Å². The Morgan fingerprint density at radius 2 is 1.94 bits per heavy atom. The second kappa shape index (κ2) is 4.46. The fourth-order valence-corrected chi connectivity index (χ4v) is 2.13. The summed E-state index contributed by atoms with van der Waals surface area (Å²) in [6, 6.07) is 4.96. The van der Waals surface area contributed by atoms with Gasteiger partial charge in [-0.3, -0.25) is 0 Å². The lowest BCUT2D eigenvalue weighted by Gasteiger charge is -2.15. The number of aromatic nitrogens is 1. The summed E-state index contributed by atoms with van der Waals surface area (Å²) in [6.45, 7) is 0. The van der Waals surface area contributed by atoms with Crippen molar-refractivity contribution in [2.75, 3.05) is 0 Å². The third-order valence-electron chi connectivity index (χ3n) is 2.25. The fourth-order valence-electron chi connectivity index (χ4n) is 1.50. The smallest absolute Gasteiger partial charge is 0.381 e. The van der Waals surface area contributed by atoms with Crippen LogP contribution in [0.4, 0.5) is 13.2 Å². The lowest BCUT2D eigenvalue weighted by molar-refractivity contribution is -0.139. The minimum Gasteiger partial charge on any atom is -0.381 e. The molecule has 2 nitrogen and oxygen atoms in total. The van der Waals surface area contributed by atoms with Gasteiger partial charge in [-0.05, 0) is 11.6 Å². The number of aliphatic hydroxyl groups excluding tert-OH is 1. The average molecular weight is 259 g/mol. The number of thiazole rings is 1. The van der Waals surface area contributed by atoms with Gasteiger partial charge in [0.05, 0.1) is 5.56 Å². The third kappa shape index (κ3) is 2.48. The molecule has 0 spiro atoms. The SMILES string of the molecule is OC(c1nccs1)c1ccccc1C(F)(F)F. The molecule has 1 heterocycles. The van der Waals surface area contributed by atoms with Crippen LogP contribution in [0.25, 0.3) is 0 Å². The number of rotatable bonds is 2. The molecule has 1 unspecified atom stereocenters. The number of hydrogen-bond acceptors (Lipinski definition) is 3. The summed E-state index contributed by atoms with van der Waals surface area (Å²) >= 11 is 1.12. The van der Waals surface area contributed by atoms with Gasteiger partial charge in [0, 0.05) is 11.6 Å². The van der Waals surface area contributed by atoms with E-state index in [9.17, 15) is 18.3 Å². The summed E-state index contributed by atoms with van der Waals surface area (Å²) in [5.41, 5.74) is -1.00. The molecule has 0 bridgehead atoms. The molecule has 0 radical (unpaired) electrons. The lowest BCUT2D eigenvalue weighted by Crippen LogP contribution is -2.12. The minimum absolute atomic E-state index is 0.171. The molecule has 1 aromatic heterocycles. The quantitative estimate of drug-likeness (QED) is 0.898. The van der Waals surface area contributed by atoms with Crippen LogP contribution in [0.5, 0.6) is 0 Å². The van der Waals surface area contributed by atoms with Crippen molar-refractivity contribution in [3.05, 3.63) is 52.0 Å². The van der Waals surface area contributed by atoms with Crippen molar-refractivity contribution in [2.24, 2.45) is 0 Å². The van der Waals surface area contributed by atoms with Crippen LogP contribution in [0, 0.1) is 0 Å². The van der Waals surface area contributed by atoms with Crippen molar-refractivity contribution in [2.45, 2.75) is 12.3 Å². The molecule has 0 aliphatic heterocycles. The van der Waals surface area contributed by atoms with E-state index in [0.717, 1.165) is 17.4 Å². The monoisotopic (exact) mass is 259 g/mol. The molecule has 1 aromatic carbocycles. The first-order valence-corrected chi connectivity index (χ1v) is 5.61. The van der Waals surface area contributed by atoms with Crippen molar-refractivity contribution in [3.8, 4) is 0 Å². The maximum Gasteiger partial charge on any atom is 0.416 e. The van der Waals surface area contributed by atoms with Crippen LogP contribution >= 0.6 is 11.3 Å². The molecule has 90 valence electrons. The van der Waals surface area contributed by atoms with Crippen molar-refractivity contribution in [1.29, 1.82) is 0 Å². The van der Waals surface area contributed by atoms with Crippen molar-refractivity contribution in [1.82, 2.24) is 4.98 Å². The number of alkyl halides is 3. The van der Waals surface area contributed by atoms with Crippen LogP contribution in [0.3, 0.4) is 0 Å². The molecule has 0 saturated carbocycles. The second-order valence-electron chi connectivity index (χ2n) is 3.36.